The highest BCUT2D eigenvalue weighted by molar-refractivity contribution is 7.99. The van der Waals surface area contributed by atoms with Crippen LogP contribution in [-0.2, 0) is 0 Å². The number of urea groups is 1. The molecule has 6 heteroatoms. The molecule has 0 aromatic heterocycles. The van der Waals surface area contributed by atoms with Gasteiger partial charge in [-0.1, -0.05) is 29.8 Å². The molecule has 132 valence electrons. The predicted octanol–water partition coefficient (Wildman–Crippen LogP) is 4.29. The number of hydrogen-bond acceptors (Lipinski definition) is 4. The van der Waals surface area contributed by atoms with Crippen LogP contribution in [0.3, 0.4) is 0 Å². The minimum atomic E-state index is -0.108. The van der Waals surface area contributed by atoms with Gasteiger partial charge in [-0.2, -0.15) is 0 Å². The summed E-state index contributed by atoms with van der Waals surface area (Å²) in [6.07, 6.45) is 0. The van der Waals surface area contributed by atoms with Gasteiger partial charge in [0.15, 0.2) is 11.5 Å². The molecule has 1 N–H and O–H groups in total. The van der Waals surface area contributed by atoms with E-state index >= 15 is 0 Å². The van der Waals surface area contributed by atoms with E-state index in [0.717, 1.165) is 22.6 Å². The van der Waals surface area contributed by atoms with Crippen LogP contribution in [0.2, 0.25) is 0 Å². The smallest absolute Gasteiger partial charge is 0.323 e. The van der Waals surface area contributed by atoms with E-state index in [4.69, 9.17) is 9.47 Å². The first-order valence-corrected chi connectivity index (χ1v) is 9.15. The summed E-state index contributed by atoms with van der Waals surface area (Å²) < 4.78 is 10.9. The second-order valence-electron chi connectivity index (χ2n) is 5.80. The maximum atomic E-state index is 12.8. The molecule has 0 radical (unpaired) electrons. The summed E-state index contributed by atoms with van der Waals surface area (Å²) in [4.78, 5) is 14.6. The molecule has 1 aliphatic rings. The number of methoxy groups -OCH3 is 2. The van der Waals surface area contributed by atoms with Crippen LogP contribution in [0.25, 0.3) is 0 Å². The van der Waals surface area contributed by atoms with Gasteiger partial charge in [-0.25, -0.2) is 4.79 Å². The van der Waals surface area contributed by atoms with Gasteiger partial charge >= 0.3 is 6.03 Å². The monoisotopic (exact) mass is 358 g/mol. The maximum Gasteiger partial charge on any atom is 0.323 e. The molecule has 0 spiro atoms. The van der Waals surface area contributed by atoms with E-state index in [1.807, 2.05) is 54.3 Å². The lowest BCUT2D eigenvalue weighted by atomic mass is 10.1. The molecule has 2 amide bonds. The molecule has 3 rings (SSSR count). The molecule has 0 saturated carbocycles. The van der Waals surface area contributed by atoms with Crippen molar-refractivity contribution in [2.75, 3.05) is 31.8 Å². The van der Waals surface area contributed by atoms with E-state index < -0.39 is 0 Å². The fraction of sp³-hybridized carbons (Fsp3) is 0.316. The third-order valence-corrected chi connectivity index (χ3v) is 5.40. The average Bonchev–Trinajstić information content (AvgIpc) is 3.12. The Morgan fingerprint density at radius 1 is 1.16 bits per heavy atom. The standard InChI is InChI=1S/C19H22N2O3S/c1-13-7-9-14(10-8-13)20-19(22)21-11-12-25-18(21)15-5-4-6-16(23-2)17(15)24-3/h4-10,18H,11-12H2,1-3H3,(H,20,22)/t18-/m1/s1. The van der Waals surface area contributed by atoms with Gasteiger partial charge < -0.3 is 19.7 Å². The van der Waals surface area contributed by atoms with Crippen LogP contribution in [-0.4, -0.2) is 37.4 Å². The van der Waals surface area contributed by atoms with Gasteiger partial charge in [-0.15, -0.1) is 11.8 Å². The highest BCUT2D eigenvalue weighted by Gasteiger charge is 2.33. The van der Waals surface area contributed by atoms with Gasteiger partial charge in [-0.3, -0.25) is 0 Å². The summed E-state index contributed by atoms with van der Waals surface area (Å²) in [5, 5.41) is 2.88. The molecule has 2 aromatic rings. The zero-order valence-electron chi connectivity index (χ0n) is 14.6. The number of nitrogens with zero attached hydrogens (tertiary/aromatic N) is 1. The Labute approximate surface area is 152 Å². The third kappa shape index (κ3) is 3.69. The molecule has 1 atom stereocenters. The normalized spacial score (nSPS) is 16.6. The minimum absolute atomic E-state index is 0.101. The second kappa shape index (κ2) is 7.70. The topological polar surface area (TPSA) is 50.8 Å². The molecule has 1 fully saturated rings. The number of thioether (sulfide) groups is 1. The molecule has 0 unspecified atom stereocenters. The van der Waals surface area contributed by atoms with Crippen molar-refractivity contribution < 1.29 is 14.3 Å². The van der Waals surface area contributed by atoms with E-state index in [9.17, 15) is 4.79 Å². The quantitative estimate of drug-likeness (QED) is 0.886. The predicted molar refractivity (Wildman–Crippen MR) is 102 cm³/mol. The van der Waals surface area contributed by atoms with Crippen molar-refractivity contribution in [2.45, 2.75) is 12.3 Å². The third-order valence-electron chi connectivity index (χ3n) is 4.15. The van der Waals surface area contributed by atoms with Crippen molar-refractivity contribution in [2.24, 2.45) is 0 Å². The molecule has 25 heavy (non-hydrogen) atoms. The summed E-state index contributed by atoms with van der Waals surface area (Å²) in [5.74, 6) is 2.23. The van der Waals surface area contributed by atoms with Crippen molar-refractivity contribution in [3.05, 3.63) is 53.6 Å². The van der Waals surface area contributed by atoms with E-state index in [-0.39, 0.29) is 11.4 Å². The van der Waals surface area contributed by atoms with Crippen LogP contribution in [0.4, 0.5) is 10.5 Å². The summed E-state index contributed by atoms with van der Waals surface area (Å²) in [6, 6.07) is 13.5. The van der Waals surface area contributed by atoms with Crippen LogP contribution in [0, 0.1) is 6.92 Å². The Kier molecular flexibility index (Phi) is 5.38. The van der Waals surface area contributed by atoms with Gasteiger partial charge in [-0.05, 0) is 25.1 Å². The molecule has 2 aromatic carbocycles. The molecule has 1 saturated heterocycles. The highest BCUT2D eigenvalue weighted by atomic mass is 32.2. The fourth-order valence-corrected chi connectivity index (χ4v) is 4.15. The second-order valence-corrected chi connectivity index (χ2v) is 6.98. The van der Waals surface area contributed by atoms with Crippen LogP contribution >= 0.6 is 11.8 Å². The lowest BCUT2D eigenvalue weighted by Crippen LogP contribution is -2.34. The summed E-state index contributed by atoms with van der Waals surface area (Å²) >= 11 is 1.72. The van der Waals surface area contributed by atoms with E-state index in [0.29, 0.717) is 18.0 Å². The number of carbonyl (C=O) groups is 1. The highest BCUT2D eigenvalue weighted by Crippen LogP contribution is 2.45. The van der Waals surface area contributed by atoms with Crippen LogP contribution in [0.5, 0.6) is 11.5 Å². The van der Waals surface area contributed by atoms with Crippen molar-refractivity contribution in [3.63, 3.8) is 0 Å². The first-order valence-electron chi connectivity index (χ1n) is 8.11. The van der Waals surface area contributed by atoms with Crippen LogP contribution in [0.15, 0.2) is 42.5 Å². The summed E-state index contributed by atoms with van der Waals surface area (Å²) in [7, 11) is 3.24. The summed E-state index contributed by atoms with van der Waals surface area (Å²) in [6.45, 7) is 2.71. The number of hydrogen-bond donors (Lipinski definition) is 1. The molecule has 0 aliphatic carbocycles. The fourth-order valence-electron chi connectivity index (χ4n) is 2.87. The Bertz CT molecular complexity index is 749. The summed E-state index contributed by atoms with van der Waals surface area (Å²) in [5.41, 5.74) is 2.90. The van der Waals surface area contributed by atoms with Gasteiger partial charge in [0.2, 0.25) is 0 Å². The zero-order valence-corrected chi connectivity index (χ0v) is 15.4. The Hall–Kier alpha value is -2.34. The van der Waals surface area contributed by atoms with Gasteiger partial charge in [0.05, 0.1) is 14.2 Å². The van der Waals surface area contributed by atoms with Crippen molar-refractivity contribution in [3.8, 4) is 11.5 Å². The zero-order chi connectivity index (χ0) is 17.8. The average molecular weight is 358 g/mol. The SMILES string of the molecule is COc1cccc([C@H]2SCCN2C(=O)Nc2ccc(C)cc2)c1OC. The molecule has 0 bridgehead atoms. The van der Waals surface area contributed by atoms with Crippen molar-refractivity contribution in [1.82, 2.24) is 4.90 Å². The molecular formula is C19H22N2O3S. The van der Waals surface area contributed by atoms with Gasteiger partial charge in [0.25, 0.3) is 0 Å². The Balaban J connectivity index is 1.83. The van der Waals surface area contributed by atoms with Gasteiger partial charge in [0, 0.05) is 23.5 Å². The van der Waals surface area contributed by atoms with E-state index in [1.165, 1.54) is 0 Å². The number of ether oxygens (including phenoxy) is 2. The first-order chi connectivity index (χ1) is 12.1. The molecular weight excluding hydrogens is 336 g/mol. The van der Waals surface area contributed by atoms with Crippen molar-refractivity contribution in [1.29, 1.82) is 0 Å². The lowest BCUT2D eigenvalue weighted by Gasteiger charge is -2.26. The number of anilines is 1. The van der Waals surface area contributed by atoms with Crippen molar-refractivity contribution >= 4 is 23.5 Å². The van der Waals surface area contributed by atoms with Crippen LogP contribution in [0.1, 0.15) is 16.5 Å². The Morgan fingerprint density at radius 2 is 1.92 bits per heavy atom. The van der Waals surface area contributed by atoms with E-state index in [1.54, 1.807) is 26.0 Å². The molecule has 5 nitrogen and oxygen atoms in total. The maximum absolute atomic E-state index is 12.8. The number of rotatable bonds is 4. The minimum Gasteiger partial charge on any atom is -0.493 e. The number of aryl methyl sites for hydroxylation is 1. The number of carbonyl (C=O) groups excluding carboxylic acids is 1. The largest absolute Gasteiger partial charge is 0.493 e. The van der Waals surface area contributed by atoms with E-state index in [2.05, 4.69) is 5.32 Å². The lowest BCUT2D eigenvalue weighted by molar-refractivity contribution is 0.213. The molecule has 1 aliphatic heterocycles. The van der Waals surface area contributed by atoms with Gasteiger partial charge in [0.1, 0.15) is 5.37 Å². The first kappa shape index (κ1) is 17.5. The number of amides is 2. The number of nitrogens with one attached hydrogen (secondary N) is 1. The number of benzene rings is 2. The Morgan fingerprint density at radius 3 is 2.60 bits per heavy atom. The molecule has 1 heterocycles. The number of para-hydroxylation sites is 1. The van der Waals surface area contributed by atoms with Crippen LogP contribution < -0.4 is 14.8 Å².